The molecule has 1 aromatic rings. The quantitative estimate of drug-likeness (QED) is 0.932. The first-order chi connectivity index (χ1) is 10.3. The van der Waals surface area contributed by atoms with Gasteiger partial charge in [0, 0.05) is 19.1 Å². The topological polar surface area (TPSA) is 64.2 Å². The fourth-order valence-electron chi connectivity index (χ4n) is 3.26. The number of piperidine rings is 1. The van der Waals surface area contributed by atoms with Gasteiger partial charge in [0.2, 0.25) is 0 Å². The van der Waals surface area contributed by atoms with Crippen molar-refractivity contribution in [3.05, 3.63) is 17.5 Å². The van der Waals surface area contributed by atoms with Crippen molar-refractivity contribution in [1.82, 2.24) is 14.7 Å². The molecule has 0 radical (unpaired) electrons. The summed E-state index contributed by atoms with van der Waals surface area (Å²) in [5, 5.41) is 4.47. The molecule has 0 bridgehead atoms. The molecule has 1 saturated heterocycles. The summed E-state index contributed by atoms with van der Waals surface area (Å²) in [4.78, 5) is 14.9. The van der Waals surface area contributed by atoms with Crippen molar-refractivity contribution in [2.45, 2.75) is 65.5 Å². The second-order valence-corrected chi connectivity index (χ2v) is 7.45. The van der Waals surface area contributed by atoms with Crippen LogP contribution in [-0.4, -0.2) is 39.7 Å². The molecule has 124 valence electrons. The molecule has 2 heterocycles. The molecule has 0 saturated carbocycles. The first-order valence-corrected chi connectivity index (χ1v) is 8.38. The van der Waals surface area contributed by atoms with Crippen LogP contribution in [0.5, 0.6) is 0 Å². The van der Waals surface area contributed by atoms with Gasteiger partial charge in [0.1, 0.15) is 0 Å². The van der Waals surface area contributed by atoms with Crippen molar-refractivity contribution in [3.8, 4) is 0 Å². The number of aromatic nitrogens is 2. The minimum atomic E-state index is -0.111. The fraction of sp³-hybridized carbons (Fsp3) is 0.765. The van der Waals surface area contributed by atoms with Crippen LogP contribution in [0.25, 0.3) is 0 Å². The normalized spacial score (nSPS) is 21.0. The molecule has 0 spiro atoms. The van der Waals surface area contributed by atoms with Crippen molar-refractivity contribution in [1.29, 1.82) is 0 Å². The summed E-state index contributed by atoms with van der Waals surface area (Å²) in [5.74, 6) is 0.512. The highest BCUT2D eigenvalue weighted by molar-refractivity contribution is 5.95. The smallest absolute Gasteiger partial charge is 0.257 e. The maximum Gasteiger partial charge on any atom is 0.257 e. The van der Waals surface area contributed by atoms with Crippen LogP contribution in [0, 0.1) is 5.92 Å². The van der Waals surface area contributed by atoms with E-state index in [1.54, 1.807) is 6.20 Å². The lowest BCUT2D eigenvalue weighted by atomic mass is 9.92. The van der Waals surface area contributed by atoms with Crippen molar-refractivity contribution in [2.75, 3.05) is 13.1 Å². The number of carbonyl (C=O) groups is 1. The number of amides is 1. The third kappa shape index (κ3) is 3.35. The summed E-state index contributed by atoms with van der Waals surface area (Å²) in [5.41, 5.74) is 7.70. The van der Waals surface area contributed by atoms with E-state index >= 15 is 0 Å². The molecule has 0 unspecified atom stereocenters. The highest BCUT2D eigenvalue weighted by Gasteiger charge is 2.30. The van der Waals surface area contributed by atoms with Crippen LogP contribution < -0.4 is 5.73 Å². The predicted molar refractivity (Wildman–Crippen MR) is 88.9 cm³/mol. The zero-order chi connectivity index (χ0) is 16.5. The standard InChI is InChI=1S/C17H30N4O/c1-6-15-14(10-19-21(15)17(3,4)5)16(22)20-9-7-8-13(11-20)12(2)18/h10,12-13H,6-9,11,18H2,1-5H3/t12-,13-/m0/s1. The molecule has 2 N–H and O–H groups in total. The van der Waals surface area contributed by atoms with E-state index in [0.29, 0.717) is 5.92 Å². The van der Waals surface area contributed by atoms with Gasteiger partial charge in [-0.25, -0.2) is 0 Å². The van der Waals surface area contributed by atoms with Crippen LogP contribution in [0.4, 0.5) is 0 Å². The average molecular weight is 306 g/mol. The minimum absolute atomic E-state index is 0.109. The Morgan fingerprint density at radius 3 is 2.73 bits per heavy atom. The fourth-order valence-corrected chi connectivity index (χ4v) is 3.26. The van der Waals surface area contributed by atoms with Crippen molar-refractivity contribution < 1.29 is 4.79 Å². The van der Waals surface area contributed by atoms with Gasteiger partial charge in [0.15, 0.2) is 0 Å². The first kappa shape index (κ1) is 17.0. The molecule has 1 amide bonds. The highest BCUT2D eigenvalue weighted by atomic mass is 16.2. The largest absolute Gasteiger partial charge is 0.338 e. The summed E-state index contributed by atoms with van der Waals surface area (Å²) in [6.07, 6.45) is 4.70. The Bertz CT molecular complexity index is 527. The Morgan fingerprint density at radius 2 is 2.18 bits per heavy atom. The monoisotopic (exact) mass is 306 g/mol. The van der Waals surface area contributed by atoms with Gasteiger partial charge in [-0.2, -0.15) is 5.10 Å². The summed E-state index contributed by atoms with van der Waals surface area (Å²) in [6, 6.07) is 0.138. The third-order valence-electron chi connectivity index (χ3n) is 4.56. The van der Waals surface area contributed by atoms with Crippen LogP contribution in [0.1, 0.15) is 63.5 Å². The van der Waals surface area contributed by atoms with Crippen LogP contribution in [0.3, 0.4) is 0 Å². The Kier molecular flexibility index (Phi) is 4.95. The second kappa shape index (κ2) is 6.41. The summed E-state index contributed by atoms with van der Waals surface area (Å²) in [7, 11) is 0. The van der Waals surface area contributed by atoms with Crippen molar-refractivity contribution in [3.63, 3.8) is 0 Å². The molecule has 1 fully saturated rings. The van der Waals surface area contributed by atoms with Gasteiger partial charge in [0.05, 0.1) is 23.0 Å². The van der Waals surface area contributed by atoms with Crippen LogP contribution in [-0.2, 0) is 12.0 Å². The number of nitrogens with two attached hydrogens (primary N) is 1. The summed E-state index contributed by atoms with van der Waals surface area (Å²) in [6.45, 7) is 12.0. The number of hydrogen-bond donors (Lipinski definition) is 1. The molecule has 1 aliphatic heterocycles. The van der Waals surface area contributed by atoms with E-state index in [2.05, 4.69) is 32.8 Å². The van der Waals surface area contributed by atoms with Gasteiger partial charge in [-0.15, -0.1) is 0 Å². The van der Waals surface area contributed by atoms with E-state index in [1.807, 2.05) is 16.5 Å². The van der Waals surface area contributed by atoms with Gasteiger partial charge in [0.25, 0.3) is 5.91 Å². The van der Waals surface area contributed by atoms with E-state index in [4.69, 9.17) is 5.73 Å². The van der Waals surface area contributed by atoms with Crippen LogP contribution in [0.2, 0.25) is 0 Å². The van der Waals surface area contributed by atoms with Crippen LogP contribution >= 0.6 is 0 Å². The third-order valence-corrected chi connectivity index (χ3v) is 4.56. The van der Waals surface area contributed by atoms with Crippen molar-refractivity contribution in [2.24, 2.45) is 11.7 Å². The highest BCUT2D eigenvalue weighted by Crippen LogP contribution is 2.24. The van der Waals surface area contributed by atoms with Gasteiger partial charge in [-0.1, -0.05) is 6.92 Å². The molecule has 0 aliphatic carbocycles. The molecule has 2 rings (SSSR count). The van der Waals surface area contributed by atoms with E-state index in [1.165, 1.54) is 0 Å². The van der Waals surface area contributed by atoms with Crippen molar-refractivity contribution >= 4 is 5.91 Å². The van der Waals surface area contributed by atoms with Crippen LogP contribution in [0.15, 0.2) is 6.20 Å². The molecule has 0 aromatic carbocycles. The number of likely N-dealkylation sites (tertiary alicyclic amines) is 1. The summed E-state index contributed by atoms with van der Waals surface area (Å²) >= 11 is 0. The van der Waals surface area contributed by atoms with Gasteiger partial charge < -0.3 is 10.6 Å². The lowest BCUT2D eigenvalue weighted by Gasteiger charge is -2.34. The van der Waals surface area contributed by atoms with E-state index in [-0.39, 0.29) is 17.5 Å². The van der Waals surface area contributed by atoms with E-state index < -0.39 is 0 Å². The Morgan fingerprint density at radius 1 is 1.50 bits per heavy atom. The second-order valence-electron chi connectivity index (χ2n) is 7.45. The lowest BCUT2D eigenvalue weighted by Crippen LogP contribution is -2.45. The van der Waals surface area contributed by atoms with E-state index in [0.717, 1.165) is 43.6 Å². The molecule has 1 aliphatic rings. The first-order valence-electron chi connectivity index (χ1n) is 8.38. The van der Waals surface area contributed by atoms with Gasteiger partial charge in [-0.3, -0.25) is 9.48 Å². The predicted octanol–water partition coefficient (Wildman–Crippen LogP) is 2.40. The van der Waals surface area contributed by atoms with Gasteiger partial charge in [-0.05, 0) is 52.9 Å². The van der Waals surface area contributed by atoms with E-state index in [9.17, 15) is 4.79 Å². The maximum atomic E-state index is 12.9. The molecular formula is C17H30N4O. The Balaban J connectivity index is 2.24. The Hall–Kier alpha value is -1.36. The molecule has 5 heteroatoms. The number of rotatable bonds is 3. The average Bonchev–Trinajstić information content (AvgIpc) is 2.90. The van der Waals surface area contributed by atoms with Gasteiger partial charge >= 0.3 is 0 Å². The zero-order valence-corrected chi connectivity index (χ0v) is 14.6. The Labute approximate surface area is 133 Å². The number of carbonyl (C=O) groups excluding carboxylic acids is 1. The molecule has 2 atom stereocenters. The molecule has 1 aromatic heterocycles. The summed E-state index contributed by atoms with van der Waals surface area (Å²) < 4.78 is 1.98. The lowest BCUT2D eigenvalue weighted by molar-refractivity contribution is 0.0659. The molecule has 5 nitrogen and oxygen atoms in total. The minimum Gasteiger partial charge on any atom is -0.338 e. The SMILES string of the molecule is CCc1c(C(=O)N2CCC[C@H]([C@H](C)N)C2)cnn1C(C)(C)C. The molecule has 22 heavy (non-hydrogen) atoms. The number of nitrogens with zero attached hydrogens (tertiary/aromatic N) is 3. The zero-order valence-electron chi connectivity index (χ0n) is 14.6. The number of hydrogen-bond acceptors (Lipinski definition) is 3. The molecular weight excluding hydrogens is 276 g/mol. The maximum absolute atomic E-state index is 12.9.